The Balaban J connectivity index is 1.25. The van der Waals surface area contributed by atoms with Gasteiger partial charge in [-0.3, -0.25) is 5.10 Å². The summed E-state index contributed by atoms with van der Waals surface area (Å²) in [6.07, 6.45) is 4.87. The van der Waals surface area contributed by atoms with Gasteiger partial charge < -0.3 is 15.5 Å². The SMILES string of the molecule is Nc1ccc(-c2n[nH]c(-c3cccc(N4CCC(F)(F)CC4)n3)n2)c(N2CCC3(CC2)CC3)c1. The molecule has 0 amide bonds. The first-order valence-electron chi connectivity index (χ1n) is 12.1. The van der Waals surface area contributed by atoms with Crippen molar-refractivity contribution in [2.75, 3.05) is 41.7 Å². The van der Waals surface area contributed by atoms with Crippen LogP contribution in [0.15, 0.2) is 36.4 Å². The first-order chi connectivity index (χ1) is 16.4. The summed E-state index contributed by atoms with van der Waals surface area (Å²) in [5.74, 6) is -0.751. The lowest BCUT2D eigenvalue weighted by Crippen LogP contribution is -2.39. The Kier molecular flexibility index (Phi) is 4.97. The summed E-state index contributed by atoms with van der Waals surface area (Å²) in [7, 11) is 0. The molecule has 1 spiro atoms. The van der Waals surface area contributed by atoms with E-state index in [9.17, 15) is 8.78 Å². The number of benzene rings is 1. The summed E-state index contributed by atoms with van der Waals surface area (Å²) >= 11 is 0. The Morgan fingerprint density at radius 2 is 1.59 bits per heavy atom. The third-order valence-corrected chi connectivity index (χ3v) is 7.67. The van der Waals surface area contributed by atoms with Gasteiger partial charge in [-0.05, 0) is 61.4 Å². The minimum atomic E-state index is -2.58. The maximum Gasteiger partial charge on any atom is 0.251 e. The molecule has 0 radical (unpaired) electrons. The zero-order chi connectivity index (χ0) is 23.3. The molecule has 2 saturated heterocycles. The summed E-state index contributed by atoms with van der Waals surface area (Å²) in [5.41, 5.74) is 10.1. The van der Waals surface area contributed by atoms with Gasteiger partial charge in [-0.25, -0.2) is 18.7 Å². The number of hydrogen-bond acceptors (Lipinski definition) is 6. The minimum absolute atomic E-state index is 0.150. The van der Waals surface area contributed by atoms with Gasteiger partial charge in [0.1, 0.15) is 11.5 Å². The van der Waals surface area contributed by atoms with Crippen LogP contribution in [0.3, 0.4) is 0 Å². The molecule has 7 nitrogen and oxygen atoms in total. The van der Waals surface area contributed by atoms with Gasteiger partial charge in [-0.1, -0.05) is 6.07 Å². The van der Waals surface area contributed by atoms with Crippen LogP contribution in [0.25, 0.3) is 22.9 Å². The minimum Gasteiger partial charge on any atom is -0.399 e. The Bertz CT molecular complexity index is 1180. The number of pyridine rings is 1. The highest BCUT2D eigenvalue weighted by atomic mass is 19.3. The molecular weight excluding hydrogens is 436 g/mol. The average Bonchev–Trinajstić information content (AvgIpc) is 3.40. The van der Waals surface area contributed by atoms with Crippen LogP contribution in [0.1, 0.15) is 38.5 Å². The van der Waals surface area contributed by atoms with Gasteiger partial charge in [0.15, 0.2) is 11.6 Å². The topological polar surface area (TPSA) is 87.0 Å². The lowest BCUT2D eigenvalue weighted by atomic mass is 9.93. The predicted octanol–water partition coefficient (Wildman–Crippen LogP) is 4.73. The molecule has 3 N–H and O–H groups in total. The first kappa shape index (κ1) is 21.3. The number of rotatable bonds is 4. The van der Waals surface area contributed by atoms with Gasteiger partial charge in [0.05, 0.1) is 0 Å². The van der Waals surface area contributed by atoms with Gasteiger partial charge in [0.25, 0.3) is 5.92 Å². The lowest BCUT2D eigenvalue weighted by molar-refractivity contribution is -0.0221. The van der Waals surface area contributed by atoms with E-state index in [0.29, 0.717) is 28.6 Å². The molecule has 34 heavy (non-hydrogen) atoms. The van der Waals surface area contributed by atoms with Gasteiger partial charge in [0, 0.05) is 56.0 Å². The molecule has 1 aromatic carbocycles. The number of aromatic nitrogens is 4. The van der Waals surface area contributed by atoms with Crippen LogP contribution in [-0.2, 0) is 0 Å². The standard InChI is InChI=1S/C25H29F2N7/c26-25(27)10-14-34(15-11-25)21-3-1-2-19(29-21)23-30-22(31-32-23)18-5-4-17(28)16-20(18)33-12-8-24(6-7-24)9-13-33/h1-5,16H,6-15,28H2,(H,30,31,32). The lowest BCUT2D eigenvalue weighted by Gasteiger charge is -2.34. The van der Waals surface area contributed by atoms with E-state index in [-0.39, 0.29) is 25.9 Å². The molecule has 3 fully saturated rings. The van der Waals surface area contributed by atoms with E-state index in [2.05, 4.69) is 20.1 Å². The van der Waals surface area contributed by atoms with Crippen LogP contribution in [-0.4, -0.2) is 52.3 Å². The molecular formula is C25H29F2N7. The normalized spacial score (nSPS) is 21.1. The number of nitrogens with zero attached hydrogens (tertiary/aromatic N) is 5. The molecule has 6 rings (SSSR count). The predicted molar refractivity (Wildman–Crippen MR) is 129 cm³/mol. The maximum atomic E-state index is 13.6. The molecule has 178 valence electrons. The van der Waals surface area contributed by atoms with Crippen LogP contribution < -0.4 is 15.5 Å². The molecule has 1 aliphatic carbocycles. The highest BCUT2D eigenvalue weighted by Crippen LogP contribution is 2.54. The van der Waals surface area contributed by atoms with E-state index in [0.717, 1.165) is 30.0 Å². The van der Waals surface area contributed by atoms with Crippen LogP contribution in [0.4, 0.5) is 26.0 Å². The number of anilines is 3. The van der Waals surface area contributed by atoms with Crippen LogP contribution in [0, 0.1) is 5.41 Å². The zero-order valence-electron chi connectivity index (χ0n) is 19.1. The molecule has 0 atom stereocenters. The molecule has 4 heterocycles. The van der Waals surface area contributed by atoms with Gasteiger partial charge in [-0.2, -0.15) is 5.10 Å². The smallest absolute Gasteiger partial charge is 0.251 e. The fourth-order valence-electron chi connectivity index (χ4n) is 5.19. The second-order valence-electron chi connectivity index (χ2n) is 10.00. The van der Waals surface area contributed by atoms with E-state index < -0.39 is 5.92 Å². The summed E-state index contributed by atoms with van der Waals surface area (Å²) in [6.45, 7) is 2.62. The van der Waals surface area contributed by atoms with E-state index in [1.807, 2.05) is 41.3 Å². The number of nitrogens with one attached hydrogen (secondary N) is 1. The quantitative estimate of drug-likeness (QED) is 0.542. The summed E-state index contributed by atoms with van der Waals surface area (Å²) < 4.78 is 27.1. The third-order valence-electron chi connectivity index (χ3n) is 7.67. The van der Waals surface area contributed by atoms with Crippen molar-refractivity contribution in [1.82, 2.24) is 20.2 Å². The number of nitrogen functional groups attached to an aromatic ring is 1. The number of hydrogen-bond donors (Lipinski definition) is 2. The molecule has 3 aliphatic rings. The second-order valence-corrected chi connectivity index (χ2v) is 10.00. The van der Waals surface area contributed by atoms with Crippen molar-refractivity contribution in [2.45, 2.75) is 44.4 Å². The average molecular weight is 466 g/mol. The van der Waals surface area contributed by atoms with Crippen molar-refractivity contribution in [3.63, 3.8) is 0 Å². The summed E-state index contributed by atoms with van der Waals surface area (Å²) in [5, 5.41) is 7.51. The van der Waals surface area contributed by atoms with E-state index in [4.69, 9.17) is 10.7 Å². The van der Waals surface area contributed by atoms with Crippen molar-refractivity contribution in [3.05, 3.63) is 36.4 Å². The number of aromatic amines is 1. The first-order valence-corrected chi connectivity index (χ1v) is 12.1. The number of alkyl halides is 2. The number of nitrogens with two attached hydrogens (primary N) is 1. The van der Waals surface area contributed by atoms with Gasteiger partial charge >= 0.3 is 0 Å². The van der Waals surface area contributed by atoms with Crippen molar-refractivity contribution < 1.29 is 8.78 Å². The molecule has 2 aliphatic heterocycles. The molecule has 0 bridgehead atoms. The second kappa shape index (κ2) is 7.92. The van der Waals surface area contributed by atoms with E-state index in [1.54, 1.807) is 0 Å². The fraction of sp³-hybridized carbons (Fsp3) is 0.480. The molecule has 0 unspecified atom stereocenters. The summed E-state index contributed by atoms with van der Waals surface area (Å²) in [4.78, 5) is 13.7. The number of H-pyrrole nitrogens is 1. The molecule has 2 aromatic heterocycles. The fourth-order valence-corrected chi connectivity index (χ4v) is 5.19. The van der Waals surface area contributed by atoms with Gasteiger partial charge in [-0.15, -0.1) is 0 Å². The Labute approximate surface area is 197 Å². The Morgan fingerprint density at radius 3 is 2.32 bits per heavy atom. The highest BCUT2D eigenvalue weighted by Gasteiger charge is 2.44. The largest absolute Gasteiger partial charge is 0.399 e. The van der Waals surface area contributed by atoms with Crippen molar-refractivity contribution >= 4 is 17.2 Å². The Hall–Kier alpha value is -3.23. The van der Waals surface area contributed by atoms with Crippen LogP contribution >= 0.6 is 0 Å². The van der Waals surface area contributed by atoms with E-state index in [1.165, 1.54) is 25.7 Å². The van der Waals surface area contributed by atoms with Crippen molar-refractivity contribution in [1.29, 1.82) is 0 Å². The summed E-state index contributed by atoms with van der Waals surface area (Å²) in [6, 6.07) is 11.5. The monoisotopic (exact) mass is 465 g/mol. The zero-order valence-corrected chi connectivity index (χ0v) is 19.1. The third kappa shape index (κ3) is 4.08. The van der Waals surface area contributed by atoms with Gasteiger partial charge in [0.2, 0.25) is 0 Å². The molecule has 9 heteroatoms. The van der Waals surface area contributed by atoms with Crippen LogP contribution in [0.2, 0.25) is 0 Å². The van der Waals surface area contributed by atoms with Crippen molar-refractivity contribution in [2.24, 2.45) is 5.41 Å². The van der Waals surface area contributed by atoms with Crippen LogP contribution in [0.5, 0.6) is 0 Å². The van der Waals surface area contributed by atoms with E-state index >= 15 is 0 Å². The van der Waals surface area contributed by atoms with Crippen molar-refractivity contribution in [3.8, 4) is 22.9 Å². The Morgan fingerprint density at radius 1 is 0.853 bits per heavy atom. The maximum absolute atomic E-state index is 13.6. The number of piperidine rings is 2. The highest BCUT2D eigenvalue weighted by molar-refractivity contribution is 5.78. The molecule has 1 saturated carbocycles. The number of halogens is 2. The molecule has 3 aromatic rings.